The van der Waals surface area contributed by atoms with Crippen molar-refractivity contribution in [1.82, 2.24) is 9.88 Å². The van der Waals surface area contributed by atoms with Crippen LogP contribution in [0, 0.1) is 0 Å². The van der Waals surface area contributed by atoms with Gasteiger partial charge >= 0.3 is 0 Å². The molecule has 1 N–H and O–H groups in total. The molecule has 1 aliphatic rings. The highest BCUT2D eigenvalue weighted by Gasteiger charge is 2.23. The van der Waals surface area contributed by atoms with Crippen molar-refractivity contribution >= 4 is 16.6 Å². The van der Waals surface area contributed by atoms with Crippen LogP contribution in [-0.2, 0) is 0 Å². The Balaban J connectivity index is 1.86. The fourth-order valence-corrected chi connectivity index (χ4v) is 3.00. The molecule has 1 aliphatic heterocycles. The Hall–Kier alpha value is -1.81. The molecule has 1 aromatic carbocycles. The molecule has 2 atom stereocenters. The zero-order valence-corrected chi connectivity index (χ0v) is 13.0. The number of pyridine rings is 1. The first-order valence-corrected chi connectivity index (χ1v) is 7.57. The maximum atomic E-state index is 5.34. The van der Waals surface area contributed by atoms with E-state index in [0.29, 0.717) is 12.1 Å². The predicted molar refractivity (Wildman–Crippen MR) is 87.0 cm³/mol. The quantitative estimate of drug-likeness (QED) is 0.940. The monoisotopic (exact) mass is 285 g/mol. The van der Waals surface area contributed by atoms with Crippen molar-refractivity contribution < 1.29 is 4.74 Å². The van der Waals surface area contributed by atoms with Crippen LogP contribution in [0.1, 0.15) is 19.8 Å². The maximum Gasteiger partial charge on any atom is 0.134 e. The molecule has 0 bridgehead atoms. The summed E-state index contributed by atoms with van der Waals surface area (Å²) in [7, 11) is 3.89. The first kappa shape index (κ1) is 14.1. The van der Waals surface area contributed by atoms with Crippen LogP contribution in [0.3, 0.4) is 0 Å². The Bertz CT molecular complexity index is 628. The summed E-state index contributed by atoms with van der Waals surface area (Å²) in [6.07, 6.45) is 4.18. The van der Waals surface area contributed by atoms with Crippen molar-refractivity contribution in [2.75, 3.05) is 26.0 Å². The summed E-state index contributed by atoms with van der Waals surface area (Å²) >= 11 is 0. The van der Waals surface area contributed by atoms with E-state index in [1.54, 1.807) is 7.11 Å². The number of benzene rings is 1. The van der Waals surface area contributed by atoms with Gasteiger partial charge in [0.25, 0.3) is 0 Å². The van der Waals surface area contributed by atoms with Gasteiger partial charge in [-0.3, -0.25) is 0 Å². The number of hydrogen-bond donors (Lipinski definition) is 1. The molecule has 4 nitrogen and oxygen atoms in total. The number of anilines is 1. The minimum atomic E-state index is 0.487. The highest BCUT2D eigenvalue weighted by molar-refractivity contribution is 5.92. The largest absolute Gasteiger partial charge is 0.497 e. The number of fused-ring (bicyclic) bond motifs is 1. The van der Waals surface area contributed by atoms with Crippen molar-refractivity contribution in [2.24, 2.45) is 0 Å². The van der Waals surface area contributed by atoms with Crippen molar-refractivity contribution in [3.8, 4) is 5.75 Å². The Kier molecular flexibility index (Phi) is 3.97. The predicted octanol–water partition coefficient (Wildman–Crippen LogP) is 3.14. The van der Waals surface area contributed by atoms with Gasteiger partial charge in [-0.15, -0.1) is 0 Å². The van der Waals surface area contributed by atoms with E-state index in [0.717, 1.165) is 36.3 Å². The molecule has 112 valence electrons. The molecule has 2 unspecified atom stereocenters. The summed E-state index contributed by atoms with van der Waals surface area (Å²) in [5.74, 6) is 1.84. The Morgan fingerprint density at radius 3 is 2.95 bits per heavy atom. The second-order valence-electron chi connectivity index (χ2n) is 5.94. The van der Waals surface area contributed by atoms with Gasteiger partial charge in [0.05, 0.1) is 7.11 Å². The van der Waals surface area contributed by atoms with Gasteiger partial charge in [-0.05, 0) is 50.4 Å². The number of likely N-dealkylation sites (tertiary alicyclic amines) is 1. The van der Waals surface area contributed by atoms with E-state index in [9.17, 15) is 0 Å². The van der Waals surface area contributed by atoms with Crippen LogP contribution in [-0.4, -0.2) is 42.7 Å². The van der Waals surface area contributed by atoms with Crippen LogP contribution < -0.4 is 10.1 Å². The Labute approximate surface area is 126 Å². The molecule has 1 fully saturated rings. The fraction of sp³-hybridized carbons (Fsp3) is 0.471. The fourth-order valence-electron chi connectivity index (χ4n) is 3.00. The lowest BCUT2D eigenvalue weighted by molar-refractivity contribution is 0.190. The van der Waals surface area contributed by atoms with E-state index < -0.39 is 0 Å². The van der Waals surface area contributed by atoms with E-state index in [-0.39, 0.29) is 0 Å². The van der Waals surface area contributed by atoms with E-state index in [1.165, 1.54) is 5.39 Å². The van der Waals surface area contributed by atoms with Gasteiger partial charge in [0.1, 0.15) is 11.6 Å². The molecule has 3 rings (SSSR count). The van der Waals surface area contributed by atoms with E-state index in [1.807, 2.05) is 18.3 Å². The molecule has 1 saturated heterocycles. The van der Waals surface area contributed by atoms with Gasteiger partial charge in [0.2, 0.25) is 0 Å². The molecule has 1 aromatic heterocycles. The van der Waals surface area contributed by atoms with Crippen molar-refractivity contribution in [2.45, 2.75) is 31.8 Å². The smallest absolute Gasteiger partial charge is 0.134 e. The summed E-state index contributed by atoms with van der Waals surface area (Å²) < 4.78 is 5.34. The topological polar surface area (TPSA) is 37.4 Å². The Morgan fingerprint density at radius 1 is 1.33 bits per heavy atom. The third-order valence-electron chi connectivity index (χ3n) is 4.52. The molecule has 4 heteroatoms. The average Bonchev–Trinajstić information content (AvgIpc) is 2.51. The first-order valence-electron chi connectivity index (χ1n) is 7.57. The highest BCUT2D eigenvalue weighted by atomic mass is 16.5. The first-order chi connectivity index (χ1) is 10.2. The number of ether oxygens (including phenoxy) is 1. The van der Waals surface area contributed by atoms with E-state index in [2.05, 4.69) is 41.3 Å². The van der Waals surface area contributed by atoms with Gasteiger partial charge in [-0.1, -0.05) is 6.07 Å². The SMILES string of the molecule is COc1ccc2ccnc(NC3CCN(C)C(C)C3)c2c1. The molecule has 0 saturated carbocycles. The van der Waals surface area contributed by atoms with Gasteiger partial charge in [-0.2, -0.15) is 0 Å². The van der Waals surface area contributed by atoms with Crippen LogP contribution in [0.5, 0.6) is 5.75 Å². The van der Waals surface area contributed by atoms with E-state index >= 15 is 0 Å². The van der Waals surface area contributed by atoms with Crippen molar-refractivity contribution in [3.63, 3.8) is 0 Å². The van der Waals surface area contributed by atoms with Crippen molar-refractivity contribution in [1.29, 1.82) is 0 Å². The summed E-state index contributed by atoms with van der Waals surface area (Å²) in [6.45, 7) is 3.42. The van der Waals surface area contributed by atoms with Crippen LogP contribution in [0.25, 0.3) is 10.8 Å². The van der Waals surface area contributed by atoms with Crippen LogP contribution >= 0.6 is 0 Å². The number of nitrogens with zero attached hydrogens (tertiary/aromatic N) is 2. The zero-order valence-electron chi connectivity index (χ0n) is 13.0. The van der Waals surface area contributed by atoms with Crippen molar-refractivity contribution in [3.05, 3.63) is 30.5 Å². The van der Waals surface area contributed by atoms with E-state index in [4.69, 9.17) is 4.74 Å². The zero-order chi connectivity index (χ0) is 14.8. The summed E-state index contributed by atoms with van der Waals surface area (Å²) in [5.41, 5.74) is 0. The van der Waals surface area contributed by atoms with Gasteiger partial charge in [0, 0.05) is 30.2 Å². The number of piperidine rings is 1. The molecule has 2 aromatic rings. The second-order valence-corrected chi connectivity index (χ2v) is 5.94. The minimum absolute atomic E-state index is 0.487. The third-order valence-corrected chi connectivity index (χ3v) is 4.52. The Morgan fingerprint density at radius 2 is 2.19 bits per heavy atom. The molecular formula is C17H23N3O. The molecule has 2 heterocycles. The number of hydrogen-bond acceptors (Lipinski definition) is 4. The number of aromatic nitrogens is 1. The highest BCUT2D eigenvalue weighted by Crippen LogP contribution is 2.27. The summed E-state index contributed by atoms with van der Waals surface area (Å²) in [4.78, 5) is 6.95. The van der Waals surface area contributed by atoms with Gasteiger partial charge in [0.15, 0.2) is 0 Å². The maximum absolute atomic E-state index is 5.34. The van der Waals surface area contributed by atoms with Gasteiger partial charge in [-0.25, -0.2) is 4.98 Å². The molecular weight excluding hydrogens is 262 g/mol. The second kappa shape index (κ2) is 5.90. The average molecular weight is 285 g/mol. The lowest BCUT2D eigenvalue weighted by Gasteiger charge is -2.35. The third kappa shape index (κ3) is 2.95. The van der Waals surface area contributed by atoms with Gasteiger partial charge < -0.3 is 15.0 Å². The normalized spacial score (nSPS) is 23.2. The molecule has 21 heavy (non-hydrogen) atoms. The van der Waals surface area contributed by atoms with Crippen LogP contribution in [0.4, 0.5) is 5.82 Å². The number of rotatable bonds is 3. The van der Waals surface area contributed by atoms with Crippen LogP contribution in [0.2, 0.25) is 0 Å². The molecule has 0 radical (unpaired) electrons. The number of methoxy groups -OCH3 is 1. The summed E-state index contributed by atoms with van der Waals surface area (Å²) in [5, 5.41) is 5.95. The molecule has 0 amide bonds. The van der Waals surface area contributed by atoms with Crippen LogP contribution in [0.15, 0.2) is 30.5 Å². The molecule has 0 spiro atoms. The lowest BCUT2D eigenvalue weighted by atomic mass is 9.98. The molecule has 0 aliphatic carbocycles. The summed E-state index contributed by atoms with van der Waals surface area (Å²) in [6, 6.07) is 9.27. The minimum Gasteiger partial charge on any atom is -0.497 e. The number of nitrogens with one attached hydrogen (secondary N) is 1. The lowest BCUT2D eigenvalue weighted by Crippen LogP contribution is -2.42. The standard InChI is InChI=1S/C17H23N3O/c1-12-10-14(7-9-20(12)2)19-17-16-11-15(21-3)5-4-13(16)6-8-18-17/h4-6,8,11-12,14H,7,9-10H2,1-3H3,(H,18,19).